The fourth-order valence-corrected chi connectivity index (χ4v) is 2.92. The number of amides is 1. The van der Waals surface area contributed by atoms with Crippen LogP contribution in [0.1, 0.15) is 17.3 Å². The number of para-hydroxylation sites is 1. The summed E-state index contributed by atoms with van der Waals surface area (Å²) < 4.78 is 30.2. The number of anilines is 1. The molecule has 8 heteroatoms. The highest BCUT2D eigenvalue weighted by molar-refractivity contribution is 7.89. The van der Waals surface area contributed by atoms with Crippen molar-refractivity contribution in [1.82, 2.24) is 4.31 Å². The molecule has 26 heavy (non-hydrogen) atoms. The minimum atomic E-state index is -3.57. The van der Waals surface area contributed by atoms with Gasteiger partial charge < -0.3 is 10.1 Å². The summed E-state index contributed by atoms with van der Waals surface area (Å²) in [6, 6.07) is 14.1. The van der Waals surface area contributed by atoms with Crippen molar-refractivity contribution in [2.24, 2.45) is 0 Å². The Labute approximate surface area is 152 Å². The number of benzene rings is 2. The lowest BCUT2D eigenvalue weighted by Gasteiger charge is -2.14. The number of carbonyl (C=O) groups excluding carboxylic acids is 2. The van der Waals surface area contributed by atoms with Gasteiger partial charge in [-0.1, -0.05) is 18.2 Å². The summed E-state index contributed by atoms with van der Waals surface area (Å²) in [7, 11) is -0.731. The van der Waals surface area contributed by atoms with Crippen LogP contribution in [0.2, 0.25) is 0 Å². The average molecular weight is 376 g/mol. The van der Waals surface area contributed by atoms with Crippen molar-refractivity contribution in [3.63, 3.8) is 0 Å². The van der Waals surface area contributed by atoms with Crippen LogP contribution in [0.4, 0.5) is 5.69 Å². The fraction of sp³-hybridized carbons (Fsp3) is 0.222. The molecule has 0 saturated heterocycles. The quantitative estimate of drug-likeness (QED) is 0.780. The molecule has 0 fully saturated rings. The summed E-state index contributed by atoms with van der Waals surface area (Å²) in [5.41, 5.74) is 0.751. The number of carbonyl (C=O) groups is 2. The second-order valence-corrected chi connectivity index (χ2v) is 7.87. The smallest absolute Gasteiger partial charge is 0.338 e. The third-order valence-electron chi connectivity index (χ3n) is 3.56. The Balaban J connectivity index is 2.02. The van der Waals surface area contributed by atoms with E-state index in [0.29, 0.717) is 5.69 Å². The van der Waals surface area contributed by atoms with E-state index in [0.717, 1.165) is 4.31 Å². The van der Waals surface area contributed by atoms with E-state index in [1.165, 1.54) is 45.3 Å². The van der Waals surface area contributed by atoms with E-state index < -0.39 is 28.0 Å². The monoisotopic (exact) mass is 376 g/mol. The standard InChI is InChI=1S/C18H20N2O5S/c1-13(17(21)19-15-7-5-4-6-8-15)25-18(22)14-9-11-16(12-10-14)26(23,24)20(2)3/h4-13H,1-3H3,(H,19,21)/t13-/m1/s1. The van der Waals surface area contributed by atoms with Crippen molar-refractivity contribution in [2.45, 2.75) is 17.9 Å². The number of esters is 1. The molecule has 2 rings (SSSR count). The predicted octanol–water partition coefficient (Wildman–Crippen LogP) is 2.12. The van der Waals surface area contributed by atoms with Gasteiger partial charge in [0.1, 0.15) is 0 Å². The lowest BCUT2D eigenvalue weighted by molar-refractivity contribution is -0.123. The zero-order chi connectivity index (χ0) is 19.3. The van der Waals surface area contributed by atoms with E-state index in [9.17, 15) is 18.0 Å². The van der Waals surface area contributed by atoms with Crippen LogP contribution in [0.25, 0.3) is 0 Å². The van der Waals surface area contributed by atoms with E-state index in [4.69, 9.17) is 4.74 Å². The molecule has 0 heterocycles. The topological polar surface area (TPSA) is 92.8 Å². The Morgan fingerprint density at radius 2 is 1.58 bits per heavy atom. The van der Waals surface area contributed by atoms with Crippen LogP contribution in [-0.4, -0.2) is 44.8 Å². The summed E-state index contributed by atoms with van der Waals surface area (Å²) >= 11 is 0. The molecule has 0 aliphatic carbocycles. The summed E-state index contributed by atoms with van der Waals surface area (Å²) in [4.78, 5) is 24.3. The molecule has 0 radical (unpaired) electrons. The maximum Gasteiger partial charge on any atom is 0.338 e. The number of sulfonamides is 1. The number of nitrogens with one attached hydrogen (secondary N) is 1. The van der Waals surface area contributed by atoms with Gasteiger partial charge in [-0.2, -0.15) is 0 Å². The van der Waals surface area contributed by atoms with E-state index in [1.807, 2.05) is 6.07 Å². The first-order chi connectivity index (χ1) is 12.2. The first-order valence-electron chi connectivity index (χ1n) is 7.81. The zero-order valence-electron chi connectivity index (χ0n) is 14.7. The normalized spacial score (nSPS) is 12.5. The molecule has 0 spiro atoms. The zero-order valence-corrected chi connectivity index (χ0v) is 15.5. The predicted molar refractivity (Wildman–Crippen MR) is 97.3 cm³/mol. The van der Waals surface area contributed by atoms with Gasteiger partial charge in [-0.05, 0) is 43.3 Å². The average Bonchev–Trinajstić information content (AvgIpc) is 2.62. The molecular formula is C18H20N2O5S. The van der Waals surface area contributed by atoms with Gasteiger partial charge in [-0.25, -0.2) is 17.5 Å². The van der Waals surface area contributed by atoms with Crippen molar-refractivity contribution in [2.75, 3.05) is 19.4 Å². The van der Waals surface area contributed by atoms with Crippen molar-refractivity contribution in [3.05, 3.63) is 60.2 Å². The number of hydrogen-bond donors (Lipinski definition) is 1. The van der Waals surface area contributed by atoms with Crippen LogP contribution >= 0.6 is 0 Å². The highest BCUT2D eigenvalue weighted by Gasteiger charge is 2.21. The summed E-state index contributed by atoms with van der Waals surface area (Å²) in [6.45, 7) is 1.46. The Kier molecular flexibility index (Phi) is 6.12. The fourth-order valence-electron chi connectivity index (χ4n) is 2.02. The molecule has 1 atom stereocenters. The number of nitrogens with zero attached hydrogens (tertiary/aromatic N) is 1. The third-order valence-corrected chi connectivity index (χ3v) is 5.39. The van der Waals surface area contributed by atoms with Crippen LogP contribution in [0, 0.1) is 0 Å². The molecule has 1 N–H and O–H groups in total. The van der Waals surface area contributed by atoms with Gasteiger partial charge in [0.15, 0.2) is 6.10 Å². The molecule has 1 amide bonds. The lowest BCUT2D eigenvalue weighted by Crippen LogP contribution is -2.30. The third kappa shape index (κ3) is 4.68. The van der Waals surface area contributed by atoms with Crippen LogP contribution in [0.3, 0.4) is 0 Å². The van der Waals surface area contributed by atoms with Gasteiger partial charge in [0.05, 0.1) is 10.5 Å². The van der Waals surface area contributed by atoms with E-state index >= 15 is 0 Å². The molecule has 0 unspecified atom stereocenters. The first-order valence-corrected chi connectivity index (χ1v) is 9.25. The second-order valence-electron chi connectivity index (χ2n) is 5.71. The Morgan fingerprint density at radius 1 is 1.00 bits per heavy atom. The minimum Gasteiger partial charge on any atom is -0.449 e. The minimum absolute atomic E-state index is 0.0638. The molecule has 7 nitrogen and oxygen atoms in total. The maximum atomic E-state index is 12.1. The maximum absolute atomic E-state index is 12.1. The number of ether oxygens (including phenoxy) is 1. The molecule has 0 saturated carbocycles. The van der Waals surface area contributed by atoms with Crippen LogP contribution in [-0.2, 0) is 19.6 Å². The lowest BCUT2D eigenvalue weighted by atomic mass is 10.2. The molecule has 0 aliphatic heterocycles. The molecule has 2 aromatic carbocycles. The van der Waals surface area contributed by atoms with Crippen LogP contribution in [0.5, 0.6) is 0 Å². The van der Waals surface area contributed by atoms with Crippen LogP contribution in [0.15, 0.2) is 59.5 Å². The highest BCUT2D eigenvalue weighted by atomic mass is 32.2. The van der Waals surface area contributed by atoms with E-state index in [1.54, 1.807) is 24.3 Å². The highest BCUT2D eigenvalue weighted by Crippen LogP contribution is 2.15. The number of rotatable bonds is 6. The van der Waals surface area contributed by atoms with Crippen molar-refractivity contribution in [3.8, 4) is 0 Å². The van der Waals surface area contributed by atoms with Gasteiger partial charge in [0.2, 0.25) is 10.0 Å². The number of hydrogen-bond acceptors (Lipinski definition) is 5. The molecule has 138 valence electrons. The van der Waals surface area contributed by atoms with Gasteiger partial charge in [-0.15, -0.1) is 0 Å². The molecule has 2 aromatic rings. The van der Waals surface area contributed by atoms with Gasteiger partial charge >= 0.3 is 5.97 Å². The van der Waals surface area contributed by atoms with Crippen LogP contribution < -0.4 is 5.32 Å². The first kappa shape index (κ1) is 19.6. The Bertz CT molecular complexity index is 878. The van der Waals surface area contributed by atoms with Crippen molar-refractivity contribution < 1.29 is 22.7 Å². The molecule has 0 bridgehead atoms. The molecule has 0 aromatic heterocycles. The summed E-state index contributed by atoms with van der Waals surface area (Å²) in [5.74, 6) is -1.18. The van der Waals surface area contributed by atoms with Crippen molar-refractivity contribution in [1.29, 1.82) is 0 Å². The Morgan fingerprint density at radius 3 is 2.12 bits per heavy atom. The SMILES string of the molecule is C[C@@H](OC(=O)c1ccc(S(=O)(=O)N(C)C)cc1)C(=O)Nc1ccccc1. The van der Waals surface area contributed by atoms with Gasteiger partial charge in [0, 0.05) is 19.8 Å². The van der Waals surface area contributed by atoms with Crippen molar-refractivity contribution >= 4 is 27.6 Å². The molecular weight excluding hydrogens is 356 g/mol. The van der Waals surface area contributed by atoms with Gasteiger partial charge in [-0.3, -0.25) is 4.79 Å². The van der Waals surface area contributed by atoms with E-state index in [-0.39, 0.29) is 10.5 Å². The largest absolute Gasteiger partial charge is 0.449 e. The molecule has 0 aliphatic rings. The second kappa shape index (κ2) is 8.11. The van der Waals surface area contributed by atoms with Gasteiger partial charge in [0.25, 0.3) is 5.91 Å². The van der Waals surface area contributed by atoms with E-state index in [2.05, 4.69) is 5.32 Å². The summed E-state index contributed by atoms with van der Waals surface area (Å²) in [5, 5.41) is 2.64. The Hall–Kier alpha value is -2.71. The summed E-state index contributed by atoms with van der Waals surface area (Å²) in [6.07, 6.45) is -1.01.